The number of hydrogen-bond donors (Lipinski definition) is 2. The molecule has 0 amide bonds. The van der Waals surface area contributed by atoms with Crippen LogP contribution in [0.2, 0.25) is 0 Å². The van der Waals surface area contributed by atoms with E-state index in [1.807, 2.05) is 0 Å². The summed E-state index contributed by atoms with van der Waals surface area (Å²) in [7, 11) is -3.23. The predicted octanol–water partition coefficient (Wildman–Crippen LogP) is -0.143. The summed E-state index contributed by atoms with van der Waals surface area (Å²) in [6.07, 6.45) is 1.40. The third-order valence-corrected chi connectivity index (χ3v) is 2.76. The maximum atomic E-state index is 11.1. The highest BCUT2D eigenvalue weighted by Gasteiger charge is 2.21. The summed E-state index contributed by atoms with van der Waals surface area (Å²) in [5.41, 5.74) is -0.581. The molecule has 17 heavy (non-hydrogen) atoms. The van der Waals surface area contributed by atoms with Crippen LogP contribution in [0.1, 0.15) is 27.2 Å². The number of hydrogen-bond acceptors (Lipinski definition) is 5. The monoisotopic (exact) mass is 266 g/mol. The Hall–Kier alpha value is -0.660. The Balaban J connectivity index is 3.84. The average molecular weight is 266 g/mol. The Morgan fingerprint density at radius 2 is 1.94 bits per heavy atom. The van der Waals surface area contributed by atoms with Crippen LogP contribution in [0.25, 0.3) is 0 Å². The Bertz CT molecular complexity index is 338. The molecule has 2 N–H and O–H groups in total. The van der Waals surface area contributed by atoms with Gasteiger partial charge in [0.05, 0.1) is 19.3 Å². The van der Waals surface area contributed by atoms with Crippen molar-refractivity contribution in [1.29, 1.82) is 0 Å². The van der Waals surface area contributed by atoms with Gasteiger partial charge in [-0.15, -0.1) is 0 Å². The van der Waals surface area contributed by atoms with E-state index in [-0.39, 0.29) is 12.4 Å². The molecule has 0 aromatic carbocycles. The van der Waals surface area contributed by atoms with Gasteiger partial charge in [-0.05, 0) is 20.8 Å². The zero-order valence-corrected chi connectivity index (χ0v) is 11.7. The second-order valence-corrected chi connectivity index (χ2v) is 6.24. The molecule has 0 saturated carbocycles. The molecule has 0 atom stereocenters. The van der Waals surface area contributed by atoms with E-state index in [2.05, 4.69) is 10.0 Å². The summed E-state index contributed by atoms with van der Waals surface area (Å²) in [5.74, 6) is -0.256. The standard InChI is InChI=1S/C10H22N2O4S/c1-5-16-9(13)6-7-11-8-10(2,3)12-17(4,14)15/h11-12H,5-8H2,1-4H3. The van der Waals surface area contributed by atoms with E-state index in [0.717, 1.165) is 6.26 Å². The number of nitrogens with one attached hydrogen (secondary N) is 2. The molecule has 0 radical (unpaired) electrons. The largest absolute Gasteiger partial charge is 0.466 e. The normalized spacial score (nSPS) is 12.5. The average Bonchev–Trinajstić information content (AvgIpc) is 2.09. The van der Waals surface area contributed by atoms with Gasteiger partial charge in [0.1, 0.15) is 0 Å². The fourth-order valence-electron chi connectivity index (χ4n) is 1.36. The van der Waals surface area contributed by atoms with Crippen molar-refractivity contribution < 1.29 is 17.9 Å². The number of ether oxygens (including phenoxy) is 1. The van der Waals surface area contributed by atoms with E-state index in [0.29, 0.717) is 19.7 Å². The van der Waals surface area contributed by atoms with E-state index in [9.17, 15) is 13.2 Å². The summed E-state index contributed by atoms with van der Waals surface area (Å²) in [6.45, 7) is 6.58. The smallest absolute Gasteiger partial charge is 0.307 e. The number of carbonyl (C=O) groups is 1. The second kappa shape index (κ2) is 6.93. The molecule has 0 aliphatic carbocycles. The third kappa shape index (κ3) is 10.2. The van der Waals surface area contributed by atoms with Gasteiger partial charge < -0.3 is 10.1 Å². The second-order valence-electron chi connectivity index (χ2n) is 4.49. The van der Waals surface area contributed by atoms with Crippen LogP contribution >= 0.6 is 0 Å². The molecule has 0 heterocycles. The SMILES string of the molecule is CCOC(=O)CCNCC(C)(C)NS(C)(=O)=O. The molecule has 7 heteroatoms. The van der Waals surface area contributed by atoms with Crippen LogP contribution < -0.4 is 10.0 Å². The predicted molar refractivity (Wildman–Crippen MR) is 66.2 cm³/mol. The third-order valence-electron chi connectivity index (χ3n) is 1.84. The van der Waals surface area contributed by atoms with Gasteiger partial charge in [0.25, 0.3) is 0 Å². The lowest BCUT2D eigenvalue weighted by Crippen LogP contribution is -2.50. The lowest BCUT2D eigenvalue weighted by molar-refractivity contribution is -0.142. The van der Waals surface area contributed by atoms with Gasteiger partial charge >= 0.3 is 5.97 Å². The molecule has 0 spiro atoms. The molecule has 0 saturated heterocycles. The fourth-order valence-corrected chi connectivity index (χ4v) is 2.44. The van der Waals surface area contributed by atoms with Gasteiger partial charge in [-0.2, -0.15) is 0 Å². The van der Waals surface area contributed by atoms with Crippen LogP contribution in [0.3, 0.4) is 0 Å². The van der Waals surface area contributed by atoms with Crippen LogP contribution in [-0.4, -0.2) is 45.9 Å². The van der Waals surface area contributed by atoms with Gasteiger partial charge in [-0.3, -0.25) is 4.79 Å². The molecular weight excluding hydrogens is 244 g/mol. The van der Waals surface area contributed by atoms with Gasteiger partial charge in [-0.25, -0.2) is 13.1 Å². The molecule has 6 nitrogen and oxygen atoms in total. The first-order valence-electron chi connectivity index (χ1n) is 5.51. The van der Waals surface area contributed by atoms with Crippen molar-refractivity contribution in [3.05, 3.63) is 0 Å². The molecule has 0 aromatic rings. The molecule has 0 rings (SSSR count). The summed E-state index contributed by atoms with van der Waals surface area (Å²) >= 11 is 0. The van der Waals surface area contributed by atoms with Gasteiger partial charge in [0, 0.05) is 18.6 Å². The Labute approximate surface area is 103 Å². The molecule has 0 unspecified atom stereocenters. The van der Waals surface area contributed by atoms with Crippen LogP contribution in [0, 0.1) is 0 Å². The number of carbonyl (C=O) groups excluding carboxylic acids is 1. The van der Waals surface area contributed by atoms with E-state index in [1.165, 1.54) is 0 Å². The molecule has 102 valence electrons. The van der Waals surface area contributed by atoms with Crippen molar-refractivity contribution in [3.8, 4) is 0 Å². The molecule has 0 bridgehead atoms. The maximum absolute atomic E-state index is 11.1. The minimum atomic E-state index is -3.23. The van der Waals surface area contributed by atoms with E-state index in [4.69, 9.17) is 4.74 Å². The van der Waals surface area contributed by atoms with Crippen molar-refractivity contribution in [2.24, 2.45) is 0 Å². The lowest BCUT2D eigenvalue weighted by atomic mass is 10.1. The Morgan fingerprint density at radius 3 is 2.41 bits per heavy atom. The lowest BCUT2D eigenvalue weighted by Gasteiger charge is -2.25. The first-order valence-corrected chi connectivity index (χ1v) is 7.41. The topological polar surface area (TPSA) is 84.5 Å². The van der Waals surface area contributed by atoms with Crippen molar-refractivity contribution in [2.75, 3.05) is 26.0 Å². The zero-order chi connectivity index (χ0) is 13.5. The van der Waals surface area contributed by atoms with E-state index in [1.54, 1.807) is 20.8 Å². The first kappa shape index (κ1) is 16.3. The van der Waals surface area contributed by atoms with Crippen molar-refractivity contribution in [2.45, 2.75) is 32.7 Å². The van der Waals surface area contributed by atoms with E-state index >= 15 is 0 Å². The Morgan fingerprint density at radius 1 is 1.35 bits per heavy atom. The van der Waals surface area contributed by atoms with Crippen molar-refractivity contribution in [1.82, 2.24) is 10.0 Å². The summed E-state index contributed by atoms with van der Waals surface area (Å²) in [6, 6.07) is 0. The molecule has 0 aliphatic heterocycles. The minimum absolute atomic E-state index is 0.256. The summed E-state index contributed by atoms with van der Waals surface area (Å²) in [5, 5.41) is 3.01. The molecule has 0 aliphatic rings. The highest BCUT2D eigenvalue weighted by molar-refractivity contribution is 7.88. The quantitative estimate of drug-likeness (QED) is 0.472. The Kier molecular flexibility index (Phi) is 6.66. The van der Waals surface area contributed by atoms with Crippen LogP contribution in [0.15, 0.2) is 0 Å². The molecule has 0 aromatic heterocycles. The highest BCUT2D eigenvalue weighted by atomic mass is 32.2. The summed E-state index contributed by atoms with van der Waals surface area (Å²) < 4.78 is 29.4. The minimum Gasteiger partial charge on any atom is -0.466 e. The van der Waals surface area contributed by atoms with Gasteiger partial charge in [-0.1, -0.05) is 0 Å². The maximum Gasteiger partial charge on any atom is 0.307 e. The molecular formula is C10H22N2O4S. The molecule has 0 fully saturated rings. The van der Waals surface area contributed by atoms with E-state index < -0.39 is 15.6 Å². The number of sulfonamides is 1. The number of esters is 1. The van der Waals surface area contributed by atoms with Crippen LogP contribution in [-0.2, 0) is 19.6 Å². The first-order chi connectivity index (χ1) is 7.66. The number of rotatable bonds is 8. The van der Waals surface area contributed by atoms with Gasteiger partial charge in [0.2, 0.25) is 10.0 Å². The fraction of sp³-hybridized carbons (Fsp3) is 0.900. The summed E-state index contributed by atoms with van der Waals surface area (Å²) in [4.78, 5) is 11.0. The van der Waals surface area contributed by atoms with Crippen LogP contribution in [0.4, 0.5) is 0 Å². The van der Waals surface area contributed by atoms with Crippen LogP contribution in [0.5, 0.6) is 0 Å². The highest BCUT2D eigenvalue weighted by Crippen LogP contribution is 2.01. The van der Waals surface area contributed by atoms with Crippen molar-refractivity contribution in [3.63, 3.8) is 0 Å². The zero-order valence-electron chi connectivity index (χ0n) is 10.9. The van der Waals surface area contributed by atoms with Crippen molar-refractivity contribution >= 4 is 16.0 Å². The van der Waals surface area contributed by atoms with Gasteiger partial charge in [0.15, 0.2) is 0 Å².